The number of aliphatic carboxylic acids is 1. The summed E-state index contributed by atoms with van der Waals surface area (Å²) in [7, 11) is 0. The van der Waals surface area contributed by atoms with Crippen LogP contribution in [0.5, 0.6) is 0 Å². The molecule has 0 aromatic heterocycles. The first-order chi connectivity index (χ1) is 6.57. The summed E-state index contributed by atoms with van der Waals surface area (Å²) in [6, 6.07) is -0.956. The Hall–Kier alpha value is -1.26. The van der Waals surface area contributed by atoms with Gasteiger partial charge in [-0.25, -0.2) is 9.59 Å². The fourth-order valence-electron chi connectivity index (χ4n) is 2.03. The quantitative estimate of drug-likeness (QED) is 0.723. The molecule has 1 aliphatic heterocycles. The highest BCUT2D eigenvalue weighted by atomic mass is 16.4. The fourth-order valence-corrected chi connectivity index (χ4v) is 2.03. The van der Waals surface area contributed by atoms with Gasteiger partial charge in [0.05, 0.1) is 0 Å². The van der Waals surface area contributed by atoms with Crippen molar-refractivity contribution in [3.8, 4) is 0 Å². The number of nitrogens with zero attached hydrogens (tertiary/aromatic N) is 1. The number of amides is 1. The average molecular weight is 201 g/mol. The first kappa shape index (κ1) is 10.8. The van der Waals surface area contributed by atoms with Crippen molar-refractivity contribution in [3.63, 3.8) is 0 Å². The van der Waals surface area contributed by atoms with Crippen LogP contribution in [0.1, 0.15) is 32.6 Å². The number of carboxylic acid groups (broad SMARTS) is 2. The molecular weight excluding hydrogens is 186 g/mol. The van der Waals surface area contributed by atoms with Crippen molar-refractivity contribution in [2.24, 2.45) is 0 Å². The van der Waals surface area contributed by atoms with E-state index in [0.717, 1.165) is 17.7 Å². The normalized spacial score (nSPS) is 26.5. The van der Waals surface area contributed by atoms with Crippen LogP contribution in [0, 0.1) is 0 Å². The molecule has 5 heteroatoms. The van der Waals surface area contributed by atoms with E-state index in [4.69, 9.17) is 10.2 Å². The summed E-state index contributed by atoms with van der Waals surface area (Å²) in [5.74, 6) is -1.04. The fraction of sp³-hybridized carbons (Fsp3) is 0.778. The summed E-state index contributed by atoms with van der Waals surface area (Å²) in [4.78, 5) is 22.7. The van der Waals surface area contributed by atoms with Crippen LogP contribution >= 0.6 is 0 Å². The topological polar surface area (TPSA) is 77.8 Å². The number of rotatable bonds is 3. The monoisotopic (exact) mass is 201 g/mol. The van der Waals surface area contributed by atoms with Gasteiger partial charge in [-0.2, -0.15) is 0 Å². The van der Waals surface area contributed by atoms with Crippen LogP contribution < -0.4 is 0 Å². The minimum absolute atomic E-state index is 0.112. The number of likely N-dealkylation sites (tertiary alicyclic amines) is 1. The van der Waals surface area contributed by atoms with Crippen molar-refractivity contribution < 1.29 is 19.8 Å². The van der Waals surface area contributed by atoms with Crippen LogP contribution in [-0.2, 0) is 4.79 Å². The van der Waals surface area contributed by atoms with Gasteiger partial charge in [0.2, 0.25) is 0 Å². The highest BCUT2D eigenvalue weighted by Gasteiger charge is 2.40. The Morgan fingerprint density at radius 1 is 1.36 bits per heavy atom. The third kappa shape index (κ3) is 1.97. The smallest absolute Gasteiger partial charge is 0.408 e. The predicted molar refractivity (Wildman–Crippen MR) is 49.2 cm³/mol. The second-order valence-corrected chi connectivity index (χ2v) is 3.56. The lowest BCUT2D eigenvalue weighted by Gasteiger charge is -2.24. The Morgan fingerprint density at radius 3 is 2.43 bits per heavy atom. The van der Waals surface area contributed by atoms with E-state index in [-0.39, 0.29) is 6.04 Å². The standard InChI is InChI=1S/C9H15NO4/c1-2-3-6-4-5-7(8(11)12)10(6)9(13)14/h6-7H,2-5H2,1H3,(H,11,12)(H,13,14). The van der Waals surface area contributed by atoms with E-state index >= 15 is 0 Å². The van der Waals surface area contributed by atoms with Crippen molar-refractivity contribution in [1.82, 2.24) is 4.90 Å². The molecule has 1 fully saturated rings. The van der Waals surface area contributed by atoms with Gasteiger partial charge in [-0.3, -0.25) is 4.90 Å². The number of hydrogen-bond donors (Lipinski definition) is 2. The maximum Gasteiger partial charge on any atom is 0.408 e. The molecule has 2 unspecified atom stereocenters. The Kier molecular flexibility index (Phi) is 3.33. The van der Waals surface area contributed by atoms with Gasteiger partial charge in [0.25, 0.3) is 0 Å². The van der Waals surface area contributed by atoms with E-state index in [2.05, 4.69) is 0 Å². The van der Waals surface area contributed by atoms with Crippen molar-refractivity contribution in [2.45, 2.75) is 44.7 Å². The van der Waals surface area contributed by atoms with Crippen molar-refractivity contribution in [2.75, 3.05) is 0 Å². The van der Waals surface area contributed by atoms with E-state index in [0.29, 0.717) is 12.8 Å². The summed E-state index contributed by atoms with van der Waals surface area (Å²) < 4.78 is 0. The van der Waals surface area contributed by atoms with Crippen LogP contribution in [0.15, 0.2) is 0 Å². The van der Waals surface area contributed by atoms with Gasteiger partial charge in [-0.1, -0.05) is 13.3 Å². The first-order valence-corrected chi connectivity index (χ1v) is 4.82. The summed E-state index contributed by atoms with van der Waals surface area (Å²) in [6.07, 6.45) is 1.61. The zero-order valence-corrected chi connectivity index (χ0v) is 8.14. The maximum atomic E-state index is 10.9. The van der Waals surface area contributed by atoms with Crippen LogP contribution in [0.3, 0.4) is 0 Å². The van der Waals surface area contributed by atoms with E-state index < -0.39 is 18.1 Å². The molecule has 0 bridgehead atoms. The molecule has 80 valence electrons. The zero-order valence-electron chi connectivity index (χ0n) is 8.14. The lowest BCUT2D eigenvalue weighted by atomic mass is 10.1. The Morgan fingerprint density at radius 2 is 2.00 bits per heavy atom. The Balaban J connectivity index is 2.74. The molecule has 0 aromatic carbocycles. The molecule has 1 aliphatic rings. The van der Waals surface area contributed by atoms with Gasteiger partial charge < -0.3 is 10.2 Å². The van der Waals surface area contributed by atoms with Gasteiger partial charge in [0.15, 0.2) is 0 Å². The summed E-state index contributed by atoms with van der Waals surface area (Å²) >= 11 is 0. The largest absolute Gasteiger partial charge is 0.480 e. The molecule has 14 heavy (non-hydrogen) atoms. The lowest BCUT2D eigenvalue weighted by molar-refractivity contribution is -0.142. The molecule has 5 nitrogen and oxygen atoms in total. The van der Waals surface area contributed by atoms with Gasteiger partial charge in [0.1, 0.15) is 6.04 Å². The van der Waals surface area contributed by atoms with Crippen molar-refractivity contribution in [1.29, 1.82) is 0 Å². The van der Waals surface area contributed by atoms with Crippen molar-refractivity contribution >= 4 is 12.1 Å². The van der Waals surface area contributed by atoms with E-state index in [9.17, 15) is 9.59 Å². The highest BCUT2D eigenvalue weighted by Crippen LogP contribution is 2.27. The molecule has 1 heterocycles. The molecule has 1 rings (SSSR count). The van der Waals surface area contributed by atoms with Crippen molar-refractivity contribution in [3.05, 3.63) is 0 Å². The lowest BCUT2D eigenvalue weighted by Crippen LogP contribution is -2.44. The third-order valence-corrected chi connectivity index (χ3v) is 2.63. The van der Waals surface area contributed by atoms with Crippen LogP contribution in [-0.4, -0.2) is 39.3 Å². The molecule has 1 saturated heterocycles. The minimum atomic E-state index is -1.12. The molecule has 2 atom stereocenters. The third-order valence-electron chi connectivity index (χ3n) is 2.63. The molecule has 0 spiro atoms. The molecule has 0 radical (unpaired) electrons. The second kappa shape index (κ2) is 4.30. The Bertz CT molecular complexity index is 241. The molecule has 1 amide bonds. The maximum absolute atomic E-state index is 10.9. The van der Waals surface area contributed by atoms with Gasteiger partial charge in [0, 0.05) is 6.04 Å². The molecule has 0 saturated carbocycles. The average Bonchev–Trinajstić information content (AvgIpc) is 2.48. The zero-order chi connectivity index (χ0) is 10.7. The minimum Gasteiger partial charge on any atom is -0.480 e. The van der Waals surface area contributed by atoms with Gasteiger partial charge in [-0.15, -0.1) is 0 Å². The number of carboxylic acids is 1. The van der Waals surface area contributed by atoms with E-state index in [1.165, 1.54) is 0 Å². The molecule has 0 aliphatic carbocycles. The summed E-state index contributed by atoms with van der Waals surface area (Å²) in [6.45, 7) is 1.97. The molecular formula is C9H15NO4. The summed E-state index contributed by atoms with van der Waals surface area (Å²) in [5, 5.41) is 17.7. The SMILES string of the molecule is CCCC1CCC(C(=O)O)N1C(=O)O. The Labute approximate surface area is 82.3 Å². The van der Waals surface area contributed by atoms with Crippen LogP contribution in [0.2, 0.25) is 0 Å². The highest BCUT2D eigenvalue weighted by molar-refractivity contribution is 5.80. The number of hydrogen-bond acceptors (Lipinski definition) is 2. The van der Waals surface area contributed by atoms with Crippen LogP contribution in [0.4, 0.5) is 4.79 Å². The second-order valence-electron chi connectivity index (χ2n) is 3.56. The summed E-state index contributed by atoms with van der Waals surface area (Å²) in [5.41, 5.74) is 0. The van der Waals surface area contributed by atoms with E-state index in [1.807, 2.05) is 6.92 Å². The molecule has 0 aromatic rings. The first-order valence-electron chi connectivity index (χ1n) is 4.82. The molecule has 2 N–H and O–H groups in total. The van der Waals surface area contributed by atoms with Gasteiger partial charge >= 0.3 is 12.1 Å². The predicted octanol–water partition coefficient (Wildman–Crippen LogP) is 1.38. The van der Waals surface area contributed by atoms with Crippen LogP contribution in [0.25, 0.3) is 0 Å². The van der Waals surface area contributed by atoms with Gasteiger partial charge in [-0.05, 0) is 19.3 Å². The number of carbonyl (C=O) groups is 2. The van der Waals surface area contributed by atoms with E-state index in [1.54, 1.807) is 0 Å².